The predicted molar refractivity (Wildman–Crippen MR) is 80.4 cm³/mol. The minimum absolute atomic E-state index is 0.134. The first-order chi connectivity index (χ1) is 9.65. The Morgan fingerprint density at radius 2 is 2.10 bits per heavy atom. The molecule has 110 valence electrons. The van der Waals surface area contributed by atoms with Gasteiger partial charge < -0.3 is 10.6 Å². The number of nitrogens with two attached hydrogens (primary N) is 1. The molecule has 2 saturated heterocycles. The van der Waals surface area contributed by atoms with Crippen molar-refractivity contribution in [1.29, 1.82) is 0 Å². The van der Waals surface area contributed by atoms with Gasteiger partial charge >= 0.3 is 0 Å². The number of hydrogen-bond donors (Lipinski definition) is 1. The summed E-state index contributed by atoms with van der Waals surface area (Å²) >= 11 is 0. The Balaban J connectivity index is 1.82. The van der Waals surface area contributed by atoms with Gasteiger partial charge in [-0.15, -0.1) is 0 Å². The molecule has 2 heterocycles. The molecular formula is C16H24FN3. The molecule has 2 N–H and O–H groups in total. The Bertz CT molecular complexity index is 475. The molecule has 2 aliphatic heterocycles. The molecule has 0 radical (unpaired) electrons. The average molecular weight is 277 g/mol. The third-order valence-corrected chi connectivity index (χ3v) is 4.66. The highest BCUT2D eigenvalue weighted by Gasteiger charge is 2.29. The summed E-state index contributed by atoms with van der Waals surface area (Å²) in [7, 11) is 0. The molecule has 1 aromatic rings. The Morgan fingerprint density at radius 3 is 2.90 bits per heavy atom. The molecular weight excluding hydrogens is 253 g/mol. The van der Waals surface area contributed by atoms with Crippen molar-refractivity contribution in [2.75, 3.05) is 31.1 Å². The standard InChI is InChI=1S/C16H24FN3/c1-12(18)15-10-13(17)5-6-16(15)20-9-8-19-7-3-2-4-14(19)11-20/h5-6,10,12,14H,2-4,7-9,11,18H2,1H3/t12-,14?/m0/s1. The summed E-state index contributed by atoms with van der Waals surface area (Å²) in [5.41, 5.74) is 8.06. The number of piperidine rings is 1. The van der Waals surface area contributed by atoms with Crippen molar-refractivity contribution in [2.24, 2.45) is 5.73 Å². The van der Waals surface area contributed by atoms with Gasteiger partial charge in [-0.2, -0.15) is 0 Å². The molecule has 1 unspecified atom stereocenters. The van der Waals surface area contributed by atoms with Gasteiger partial charge in [-0.3, -0.25) is 4.90 Å². The number of halogens is 1. The zero-order chi connectivity index (χ0) is 14.1. The highest BCUT2D eigenvalue weighted by Crippen LogP contribution is 2.30. The van der Waals surface area contributed by atoms with E-state index in [-0.39, 0.29) is 11.9 Å². The number of anilines is 1. The summed E-state index contributed by atoms with van der Waals surface area (Å²) in [5.74, 6) is -0.197. The van der Waals surface area contributed by atoms with Gasteiger partial charge in [-0.1, -0.05) is 6.42 Å². The molecule has 4 heteroatoms. The van der Waals surface area contributed by atoms with Crippen LogP contribution in [0.5, 0.6) is 0 Å². The van der Waals surface area contributed by atoms with Crippen LogP contribution in [-0.4, -0.2) is 37.1 Å². The maximum Gasteiger partial charge on any atom is 0.123 e. The first-order valence-electron chi connectivity index (χ1n) is 7.69. The van der Waals surface area contributed by atoms with E-state index in [1.54, 1.807) is 12.1 Å². The van der Waals surface area contributed by atoms with E-state index in [0.717, 1.165) is 30.9 Å². The lowest BCUT2D eigenvalue weighted by Gasteiger charge is -2.45. The molecule has 3 nitrogen and oxygen atoms in total. The predicted octanol–water partition coefficient (Wildman–Crippen LogP) is 2.52. The fraction of sp³-hybridized carbons (Fsp3) is 0.625. The average Bonchev–Trinajstić information content (AvgIpc) is 2.46. The third kappa shape index (κ3) is 2.67. The fourth-order valence-corrected chi connectivity index (χ4v) is 3.55. The maximum absolute atomic E-state index is 13.5. The van der Waals surface area contributed by atoms with E-state index >= 15 is 0 Å². The van der Waals surface area contributed by atoms with Crippen LogP contribution in [0.4, 0.5) is 10.1 Å². The Kier molecular flexibility index (Phi) is 3.94. The molecule has 2 atom stereocenters. The van der Waals surface area contributed by atoms with Gasteiger partial charge in [0.15, 0.2) is 0 Å². The van der Waals surface area contributed by atoms with Crippen molar-refractivity contribution < 1.29 is 4.39 Å². The largest absolute Gasteiger partial charge is 0.368 e. The van der Waals surface area contributed by atoms with Crippen LogP contribution in [0.2, 0.25) is 0 Å². The Morgan fingerprint density at radius 1 is 1.25 bits per heavy atom. The van der Waals surface area contributed by atoms with E-state index in [9.17, 15) is 4.39 Å². The van der Waals surface area contributed by atoms with Gasteiger partial charge in [0.1, 0.15) is 5.82 Å². The molecule has 0 amide bonds. The monoisotopic (exact) mass is 277 g/mol. The SMILES string of the molecule is C[C@H](N)c1cc(F)ccc1N1CCN2CCCCC2C1. The molecule has 2 fully saturated rings. The Labute approximate surface area is 120 Å². The van der Waals surface area contributed by atoms with Gasteiger partial charge in [0, 0.05) is 37.4 Å². The van der Waals surface area contributed by atoms with Crippen LogP contribution in [0.25, 0.3) is 0 Å². The van der Waals surface area contributed by atoms with Gasteiger partial charge in [0.05, 0.1) is 0 Å². The highest BCUT2D eigenvalue weighted by atomic mass is 19.1. The summed E-state index contributed by atoms with van der Waals surface area (Å²) in [6, 6.07) is 5.56. The zero-order valence-corrected chi connectivity index (χ0v) is 12.2. The van der Waals surface area contributed by atoms with Crippen LogP contribution < -0.4 is 10.6 Å². The second kappa shape index (κ2) is 5.70. The number of rotatable bonds is 2. The molecule has 0 saturated carbocycles. The minimum atomic E-state index is -0.197. The molecule has 20 heavy (non-hydrogen) atoms. The number of benzene rings is 1. The molecule has 2 aliphatic rings. The molecule has 3 rings (SSSR count). The summed E-state index contributed by atoms with van der Waals surface area (Å²) < 4.78 is 13.5. The van der Waals surface area contributed by atoms with Gasteiger partial charge in [-0.05, 0) is 50.1 Å². The topological polar surface area (TPSA) is 32.5 Å². The van der Waals surface area contributed by atoms with Crippen LogP contribution in [0.3, 0.4) is 0 Å². The Hall–Kier alpha value is -1.13. The van der Waals surface area contributed by atoms with Crippen molar-refractivity contribution in [2.45, 2.75) is 38.3 Å². The van der Waals surface area contributed by atoms with Crippen LogP contribution in [0.15, 0.2) is 18.2 Å². The normalized spacial score (nSPS) is 25.4. The van der Waals surface area contributed by atoms with Crippen molar-refractivity contribution >= 4 is 5.69 Å². The van der Waals surface area contributed by atoms with Crippen LogP contribution in [0, 0.1) is 5.82 Å². The van der Waals surface area contributed by atoms with E-state index in [4.69, 9.17) is 5.73 Å². The molecule has 0 spiro atoms. The van der Waals surface area contributed by atoms with Crippen molar-refractivity contribution in [3.8, 4) is 0 Å². The fourth-order valence-electron chi connectivity index (χ4n) is 3.55. The number of nitrogens with zero attached hydrogens (tertiary/aromatic N) is 2. The van der Waals surface area contributed by atoms with E-state index in [1.165, 1.54) is 25.8 Å². The van der Waals surface area contributed by atoms with Crippen LogP contribution in [-0.2, 0) is 0 Å². The van der Waals surface area contributed by atoms with Crippen molar-refractivity contribution in [1.82, 2.24) is 4.90 Å². The van der Waals surface area contributed by atoms with Gasteiger partial charge in [0.25, 0.3) is 0 Å². The number of piperazine rings is 1. The van der Waals surface area contributed by atoms with Gasteiger partial charge in [0.2, 0.25) is 0 Å². The molecule has 1 aromatic carbocycles. The molecule has 0 bridgehead atoms. The highest BCUT2D eigenvalue weighted by molar-refractivity contribution is 5.55. The quantitative estimate of drug-likeness (QED) is 0.901. The van der Waals surface area contributed by atoms with Crippen LogP contribution in [0.1, 0.15) is 37.8 Å². The maximum atomic E-state index is 13.5. The summed E-state index contributed by atoms with van der Waals surface area (Å²) in [5, 5.41) is 0. The van der Waals surface area contributed by atoms with E-state index in [2.05, 4.69) is 9.80 Å². The third-order valence-electron chi connectivity index (χ3n) is 4.66. The first kappa shape index (κ1) is 13.8. The molecule has 0 aromatic heterocycles. The van der Waals surface area contributed by atoms with E-state index < -0.39 is 0 Å². The first-order valence-corrected chi connectivity index (χ1v) is 7.69. The van der Waals surface area contributed by atoms with E-state index in [0.29, 0.717) is 6.04 Å². The summed E-state index contributed by atoms with van der Waals surface area (Å²) in [6.07, 6.45) is 3.95. The van der Waals surface area contributed by atoms with Crippen LogP contribution >= 0.6 is 0 Å². The van der Waals surface area contributed by atoms with Crippen molar-refractivity contribution in [3.63, 3.8) is 0 Å². The summed E-state index contributed by atoms with van der Waals surface area (Å²) in [6.45, 7) is 6.34. The number of hydrogen-bond acceptors (Lipinski definition) is 3. The molecule has 0 aliphatic carbocycles. The van der Waals surface area contributed by atoms with Gasteiger partial charge in [-0.25, -0.2) is 4.39 Å². The second-order valence-electron chi connectivity index (χ2n) is 6.12. The van der Waals surface area contributed by atoms with E-state index in [1.807, 2.05) is 13.0 Å². The minimum Gasteiger partial charge on any atom is -0.368 e. The summed E-state index contributed by atoms with van der Waals surface area (Å²) in [4.78, 5) is 5.00. The lowest BCUT2D eigenvalue weighted by molar-refractivity contribution is 0.133. The number of fused-ring (bicyclic) bond motifs is 1. The lowest BCUT2D eigenvalue weighted by Crippen LogP contribution is -2.55. The smallest absolute Gasteiger partial charge is 0.123 e. The lowest BCUT2D eigenvalue weighted by atomic mass is 9.98. The second-order valence-corrected chi connectivity index (χ2v) is 6.12. The van der Waals surface area contributed by atoms with Crippen molar-refractivity contribution in [3.05, 3.63) is 29.6 Å². The zero-order valence-electron chi connectivity index (χ0n) is 12.2.